The van der Waals surface area contributed by atoms with Gasteiger partial charge in [0.15, 0.2) is 5.69 Å². The predicted octanol–water partition coefficient (Wildman–Crippen LogP) is -0.318. The lowest BCUT2D eigenvalue weighted by Crippen LogP contribution is -2.54. The third-order valence-corrected chi connectivity index (χ3v) is 2.62. The molecular weight excluding hydrogens is 224 g/mol. The van der Waals surface area contributed by atoms with Gasteiger partial charge in [-0.1, -0.05) is 0 Å². The fourth-order valence-corrected chi connectivity index (χ4v) is 1.63. The Balaban J connectivity index is 1.64. The highest BCUT2D eigenvalue weighted by Gasteiger charge is 2.32. The predicted molar refractivity (Wildman–Crippen MR) is 58.5 cm³/mol. The van der Waals surface area contributed by atoms with E-state index in [1.165, 1.54) is 6.20 Å². The summed E-state index contributed by atoms with van der Waals surface area (Å²) in [5, 5.41) is 9.77. The fraction of sp³-hybridized carbons (Fsp3) is 0.700. The van der Waals surface area contributed by atoms with Crippen molar-refractivity contribution in [1.29, 1.82) is 0 Å². The molecule has 2 rings (SSSR count). The number of nitrogens with one attached hydrogen (secondary N) is 1. The first-order valence-electron chi connectivity index (χ1n) is 5.57. The van der Waals surface area contributed by atoms with Crippen molar-refractivity contribution in [2.75, 3.05) is 33.4 Å². The second-order valence-corrected chi connectivity index (χ2v) is 3.90. The monoisotopic (exact) mass is 240 g/mol. The molecule has 0 aliphatic carbocycles. The van der Waals surface area contributed by atoms with Crippen molar-refractivity contribution in [1.82, 2.24) is 20.3 Å². The highest BCUT2D eigenvalue weighted by molar-refractivity contribution is 5.92. The van der Waals surface area contributed by atoms with Crippen molar-refractivity contribution in [2.24, 2.45) is 0 Å². The molecule has 1 fully saturated rings. The van der Waals surface area contributed by atoms with Crippen LogP contribution in [-0.2, 0) is 9.47 Å². The molecule has 2 heterocycles. The Hall–Kier alpha value is -1.47. The van der Waals surface area contributed by atoms with E-state index >= 15 is 0 Å². The Labute approximate surface area is 99.1 Å². The molecule has 0 spiro atoms. The standard InChI is InChI=1S/C10H16N4O3/c1-16-3-2-4-17-8-6-14(7-8)10(15)9-5-11-13-12-9/h5,8H,2-4,6-7H2,1H3,(H,11,12,13). The Morgan fingerprint density at radius 1 is 1.59 bits per heavy atom. The minimum atomic E-state index is -0.101. The van der Waals surface area contributed by atoms with Gasteiger partial charge in [0, 0.05) is 33.4 Å². The first-order chi connectivity index (χ1) is 8.31. The molecule has 0 bridgehead atoms. The molecule has 0 saturated carbocycles. The van der Waals surface area contributed by atoms with Crippen LogP contribution in [0, 0.1) is 0 Å². The molecule has 0 aromatic carbocycles. The van der Waals surface area contributed by atoms with Gasteiger partial charge < -0.3 is 14.4 Å². The van der Waals surface area contributed by atoms with Crippen LogP contribution in [0.3, 0.4) is 0 Å². The van der Waals surface area contributed by atoms with E-state index in [4.69, 9.17) is 9.47 Å². The summed E-state index contributed by atoms with van der Waals surface area (Å²) in [5.74, 6) is -0.101. The molecule has 94 valence electrons. The van der Waals surface area contributed by atoms with Gasteiger partial charge in [-0.2, -0.15) is 15.4 Å². The zero-order valence-corrected chi connectivity index (χ0v) is 9.76. The van der Waals surface area contributed by atoms with Crippen LogP contribution in [0.25, 0.3) is 0 Å². The second-order valence-electron chi connectivity index (χ2n) is 3.90. The van der Waals surface area contributed by atoms with Gasteiger partial charge in [-0.3, -0.25) is 4.79 Å². The van der Waals surface area contributed by atoms with Crippen molar-refractivity contribution in [2.45, 2.75) is 12.5 Å². The number of rotatable bonds is 6. The van der Waals surface area contributed by atoms with Crippen LogP contribution in [0.1, 0.15) is 16.9 Å². The van der Waals surface area contributed by atoms with Gasteiger partial charge in [0.25, 0.3) is 5.91 Å². The van der Waals surface area contributed by atoms with Gasteiger partial charge in [0.2, 0.25) is 0 Å². The van der Waals surface area contributed by atoms with Gasteiger partial charge in [-0.25, -0.2) is 0 Å². The summed E-state index contributed by atoms with van der Waals surface area (Å²) in [6, 6.07) is 0. The van der Waals surface area contributed by atoms with Crippen molar-refractivity contribution in [3.05, 3.63) is 11.9 Å². The van der Waals surface area contributed by atoms with Crippen LogP contribution in [-0.4, -0.2) is 65.7 Å². The summed E-state index contributed by atoms with van der Waals surface area (Å²) >= 11 is 0. The lowest BCUT2D eigenvalue weighted by Gasteiger charge is -2.38. The molecule has 1 amide bonds. The van der Waals surface area contributed by atoms with Crippen LogP contribution < -0.4 is 0 Å². The molecule has 1 aliphatic rings. The van der Waals surface area contributed by atoms with Crippen LogP contribution in [0.4, 0.5) is 0 Å². The quantitative estimate of drug-likeness (QED) is 0.689. The molecular formula is C10H16N4O3. The number of amides is 1. The zero-order chi connectivity index (χ0) is 12.1. The topological polar surface area (TPSA) is 80.3 Å². The van der Waals surface area contributed by atoms with E-state index in [1.807, 2.05) is 0 Å². The SMILES string of the molecule is COCCCOC1CN(C(=O)c2cn[nH]n2)C1. The number of hydrogen-bond donors (Lipinski definition) is 1. The van der Waals surface area contributed by atoms with Crippen LogP contribution in [0.15, 0.2) is 6.20 Å². The smallest absolute Gasteiger partial charge is 0.276 e. The minimum absolute atomic E-state index is 0.101. The molecule has 7 nitrogen and oxygen atoms in total. The summed E-state index contributed by atoms with van der Waals surface area (Å²) in [5.41, 5.74) is 0.350. The summed E-state index contributed by atoms with van der Waals surface area (Å²) in [6.45, 7) is 2.62. The Bertz CT molecular complexity index is 348. The summed E-state index contributed by atoms with van der Waals surface area (Å²) in [7, 11) is 1.67. The Morgan fingerprint density at radius 2 is 2.41 bits per heavy atom. The van der Waals surface area contributed by atoms with Gasteiger partial charge in [-0.05, 0) is 6.42 Å². The van der Waals surface area contributed by atoms with Gasteiger partial charge in [-0.15, -0.1) is 0 Å². The number of H-pyrrole nitrogens is 1. The molecule has 1 N–H and O–H groups in total. The second kappa shape index (κ2) is 5.74. The number of methoxy groups -OCH3 is 1. The van der Waals surface area contributed by atoms with E-state index in [0.717, 1.165) is 6.42 Å². The van der Waals surface area contributed by atoms with Gasteiger partial charge in [0.05, 0.1) is 12.3 Å². The van der Waals surface area contributed by atoms with E-state index < -0.39 is 0 Å². The largest absolute Gasteiger partial charge is 0.385 e. The average molecular weight is 240 g/mol. The van der Waals surface area contributed by atoms with Crippen molar-refractivity contribution < 1.29 is 14.3 Å². The van der Waals surface area contributed by atoms with Gasteiger partial charge in [0.1, 0.15) is 0 Å². The summed E-state index contributed by atoms with van der Waals surface area (Å²) in [4.78, 5) is 13.4. The number of nitrogens with zero attached hydrogens (tertiary/aromatic N) is 3. The minimum Gasteiger partial charge on any atom is -0.385 e. The van der Waals surface area contributed by atoms with Crippen molar-refractivity contribution in [3.63, 3.8) is 0 Å². The highest BCUT2D eigenvalue weighted by Crippen LogP contribution is 2.14. The molecule has 7 heteroatoms. The number of carbonyl (C=O) groups is 1. The van der Waals surface area contributed by atoms with E-state index in [9.17, 15) is 4.79 Å². The molecule has 17 heavy (non-hydrogen) atoms. The molecule has 1 saturated heterocycles. The Kier molecular flexibility index (Phi) is 4.05. The number of carbonyl (C=O) groups excluding carboxylic acids is 1. The summed E-state index contributed by atoms with van der Waals surface area (Å²) < 4.78 is 10.5. The first-order valence-corrected chi connectivity index (χ1v) is 5.57. The maximum absolute atomic E-state index is 11.7. The number of ether oxygens (including phenoxy) is 2. The lowest BCUT2D eigenvalue weighted by molar-refractivity contribution is -0.0466. The van der Waals surface area contributed by atoms with E-state index in [1.54, 1.807) is 12.0 Å². The molecule has 1 aromatic rings. The number of aromatic amines is 1. The number of aromatic nitrogens is 3. The van der Waals surface area contributed by atoms with E-state index in [0.29, 0.717) is 32.0 Å². The third kappa shape index (κ3) is 3.01. The molecule has 0 atom stereocenters. The summed E-state index contributed by atoms with van der Waals surface area (Å²) in [6.07, 6.45) is 2.45. The van der Waals surface area contributed by atoms with Crippen LogP contribution in [0.2, 0.25) is 0 Å². The maximum Gasteiger partial charge on any atom is 0.276 e. The molecule has 1 aliphatic heterocycles. The maximum atomic E-state index is 11.7. The fourth-order valence-electron chi connectivity index (χ4n) is 1.63. The number of hydrogen-bond acceptors (Lipinski definition) is 5. The zero-order valence-electron chi connectivity index (χ0n) is 9.76. The van der Waals surface area contributed by atoms with Crippen molar-refractivity contribution in [3.8, 4) is 0 Å². The number of likely N-dealkylation sites (tertiary alicyclic amines) is 1. The van der Waals surface area contributed by atoms with E-state index in [-0.39, 0.29) is 12.0 Å². The van der Waals surface area contributed by atoms with Crippen molar-refractivity contribution >= 4 is 5.91 Å². The lowest BCUT2D eigenvalue weighted by atomic mass is 10.1. The average Bonchev–Trinajstić information content (AvgIpc) is 2.79. The highest BCUT2D eigenvalue weighted by atomic mass is 16.5. The molecule has 0 radical (unpaired) electrons. The van der Waals surface area contributed by atoms with Crippen LogP contribution >= 0.6 is 0 Å². The normalized spacial score (nSPS) is 15.9. The third-order valence-electron chi connectivity index (χ3n) is 2.62. The Morgan fingerprint density at radius 3 is 3.06 bits per heavy atom. The first kappa shape index (κ1) is 12.0. The van der Waals surface area contributed by atoms with Crippen LogP contribution in [0.5, 0.6) is 0 Å². The molecule has 0 unspecified atom stereocenters. The molecule has 1 aromatic heterocycles. The van der Waals surface area contributed by atoms with Gasteiger partial charge >= 0.3 is 0 Å². The van der Waals surface area contributed by atoms with E-state index in [2.05, 4.69) is 15.4 Å².